The molecule has 2 aromatic heterocycles. The second kappa shape index (κ2) is 16.6. The van der Waals surface area contributed by atoms with Crippen molar-refractivity contribution in [3.8, 4) is 16.9 Å². The van der Waals surface area contributed by atoms with Gasteiger partial charge in [0.25, 0.3) is 5.91 Å². The van der Waals surface area contributed by atoms with Gasteiger partial charge in [-0.2, -0.15) is 0 Å². The maximum absolute atomic E-state index is 13.9. The van der Waals surface area contributed by atoms with E-state index in [0.29, 0.717) is 42.9 Å². The Morgan fingerprint density at radius 3 is 2.41 bits per heavy atom. The number of ether oxygens (including phenoxy) is 3. The molecule has 2 aliphatic heterocycles. The predicted molar refractivity (Wildman–Crippen MR) is 221 cm³/mol. The topological polar surface area (TPSA) is 82.9 Å². The molecule has 1 fully saturated rings. The second-order valence-corrected chi connectivity index (χ2v) is 16.3. The molecule has 56 heavy (non-hydrogen) atoms. The summed E-state index contributed by atoms with van der Waals surface area (Å²) in [5.41, 5.74) is 8.50. The summed E-state index contributed by atoms with van der Waals surface area (Å²) < 4.78 is 21.0. The number of thioether (sulfide) groups is 1. The molecule has 0 bridgehead atoms. The molecule has 4 atom stereocenters. The van der Waals surface area contributed by atoms with E-state index in [2.05, 4.69) is 54.0 Å². The predicted octanol–water partition coefficient (Wildman–Crippen LogP) is 10.5. The number of hydrogen-bond donors (Lipinski definition) is 0. The fourth-order valence-corrected chi connectivity index (χ4v) is 9.30. The van der Waals surface area contributed by atoms with Crippen molar-refractivity contribution in [3.05, 3.63) is 148 Å². The fourth-order valence-electron chi connectivity index (χ4n) is 7.83. The summed E-state index contributed by atoms with van der Waals surface area (Å²) in [5, 5.41) is 2.21. The van der Waals surface area contributed by atoms with Gasteiger partial charge in [0.1, 0.15) is 24.6 Å². The Kier molecular flexibility index (Phi) is 11.2. The molecule has 0 saturated carbocycles. The van der Waals surface area contributed by atoms with Gasteiger partial charge in [0.15, 0.2) is 0 Å². The van der Waals surface area contributed by atoms with Crippen molar-refractivity contribution in [1.82, 2.24) is 14.5 Å². The normalized spacial score (nSPS) is 18.2. The summed E-state index contributed by atoms with van der Waals surface area (Å²) in [6.07, 6.45) is 1.81. The summed E-state index contributed by atoms with van der Waals surface area (Å²) in [6, 6.07) is 35.6. The molecule has 0 spiro atoms. The molecule has 4 aromatic carbocycles. The third kappa shape index (κ3) is 7.68. The van der Waals surface area contributed by atoms with Gasteiger partial charge in [-0.1, -0.05) is 104 Å². The van der Waals surface area contributed by atoms with Crippen molar-refractivity contribution in [1.29, 1.82) is 0 Å². The van der Waals surface area contributed by atoms with E-state index >= 15 is 0 Å². The summed E-state index contributed by atoms with van der Waals surface area (Å²) in [4.78, 5) is 34.1. The van der Waals surface area contributed by atoms with E-state index in [1.165, 1.54) is 20.7 Å². The Morgan fingerprint density at radius 2 is 1.70 bits per heavy atom. The van der Waals surface area contributed by atoms with Crippen LogP contribution in [0, 0.1) is 0 Å². The first-order valence-electron chi connectivity index (χ1n) is 19.2. The van der Waals surface area contributed by atoms with Gasteiger partial charge in [-0.25, -0.2) is 9.69 Å². The first-order valence-corrected chi connectivity index (χ1v) is 20.5. The molecule has 2 amide bonds. The van der Waals surface area contributed by atoms with Gasteiger partial charge in [0.05, 0.1) is 23.9 Å². The number of aromatic nitrogens is 2. The Labute approximate surface area is 336 Å². The number of halogens is 1. The van der Waals surface area contributed by atoms with Gasteiger partial charge in [-0.05, 0) is 66.8 Å². The van der Waals surface area contributed by atoms with Crippen LogP contribution < -0.4 is 4.74 Å². The van der Waals surface area contributed by atoms with E-state index in [-0.39, 0.29) is 5.91 Å². The van der Waals surface area contributed by atoms with E-state index < -0.39 is 24.3 Å². The smallest absolute Gasteiger partial charge is 0.417 e. The van der Waals surface area contributed by atoms with Crippen LogP contribution in [0.15, 0.2) is 120 Å². The van der Waals surface area contributed by atoms with Gasteiger partial charge in [0.2, 0.25) is 0 Å². The quantitative estimate of drug-likeness (QED) is 0.115. The number of carbonyl (C=O) groups excluding carboxylic acids is 2. The first kappa shape index (κ1) is 37.8. The summed E-state index contributed by atoms with van der Waals surface area (Å²) in [6.45, 7) is 7.30. The third-order valence-corrected chi connectivity index (χ3v) is 12.2. The zero-order valence-corrected chi connectivity index (χ0v) is 33.3. The maximum atomic E-state index is 13.9. The molecule has 2 aliphatic rings. The highest BCUT2D eigenvalue weighted by Gasteiger charge is 2.45. The Balaban J connectivity index is 1.05. The number of imide groups is 1. The van der Waals surface area contributed by atoms with Crippen molar-refractivity contribution in [3.63, 3.8) is 0 Å². The molecule has 0 N–H and O–H groups in total. The lowest BCUT2D eigenvalue weighted by atomic mass is 10.0. The second-order valence-electron chi connectivity index (χ2n) is 14.4. The van der Waals surface area contributed by atoms with E-state index in [1.54, 1.807) is 0 Å². The van der Waals surface area contributed by atoms with Crippen LogP contribution in [0.3, 0.4) is 0 Å². The number of pyridine rings is 1. The molecule has 8 nitrogen and oxygen atoms in total. The summed E-state index contributed by atoms with van der Waals surface area (Å²) in [5.74, 6) is 0.492. The molecule has 10 heteroatoms. The number of benzene rings is 4. The van der Waals surface area contributed by atoms with Crippen molar-refractivity contribution in [2.75, 3.05) is 6.61 Å². The zero-order valence-electron chi connectivity index (χ0n) is 31.7. The summed E-state index contributed by atoms with van der Waals surface area (Å²) >= 11 is 8.15. The lowest BCUT2D eigenvalue weighted by molar-refractivity contribution is -0.141. The van der Waals surface area contributed by atoms with Crippen LogP contribution in [0.1, 0.15) is 61.4 Å². The SMILES string of the molecule is CC[C@H](OCCc1c2c3c(c(OCc4ccc(-c5ccccc5)cn4)ccc3n1Cc1ccc(Cl)cc1)C[C@@H](C)S2)C(=O)N1C(=O)O[C@H](c2ccccc2)[C@@H]1C. The minimum Gasteiger partial charge on any atom is -0.487 e. The largest absolute Gasteiger partial charge is 0.487 e. The molecular weight excluding hydrogens is 742 g/mol. The van der Waals surface area contributed by atoms with Crippen LogP contribution in [-0.2, 0) is 40.3 Å². The molecule has 4 heterocycles. The molecule has 0 radical (unpaired) electrons. The van der Waals surface area contributed by atoms with Crippen molar-refractivity contribution >= 4 is 46.3 Å². The molecule has 6 aromatic rings. The molecule has 0 unspecified atom stereocenters. The zero-order chi connectivity index (χ0) is 38.8. The molecule has 286 valence electrons. The van der Waals surface area contributed by atoms with Gasteiger partial charge in [-0.15, -0.1) is 11.8 Å². The molecule has 8 rings (SSSR count). The minimum absolute atomic E-state index is 0.297. The highest BCUT2D eigenvalue weighted by atomic mass is 35.5. The van der Waals surface area contributed by atoms with Gasteiger partial charge in [0, 0.05) is 56.5 Å². The van der Waals surface area contributed by atoms with Crippen molar-refractivity contribution in [2.45, 2.75) is 81.6 Å². The van der Waals surface area contributed by atoms with E-state index in [4.69, 9.17) is 30.8 Å². The number of amides is 2. The molecular formula is C46H44ClN3O5S. The lowest BCUT2D eigenvalue weighted by Gasteiger charge is -2.24. The standard InChI is InChI=1S/C46H44ClN3O5S/c1-4-40(45(51)50-30(3)43(55-46(50)52)33-13-9-6-10-14-33)53-24-23-39-44-42-37(25-29(2)56-44)41(22-21-38(42)49(39)27-31-15-18-35(47)19-16-31)54-28-36-20-17-34(26-48-36)32-11-7-5-8-12-32/h5-22,26,29-30,40,43H,4,23-25,27-28H2,1-3H3/t29-,30+,40+,43+/m1/s1. The van der Waals surface area contributed by atoms with Crippen LogP contribution in [-0.4, -0.2) is 50.5 Å². The number of hydrogen-bond acceptors (Lipinski definition) is 7. The van der Waals surface area contributed by atoms with Gasteiger partial charge >= 0.3 is 6.09 Å². The maximum Gasteiger partial charge on any atom is 0.417 e. The molecule has 0 aliphatic carbocycles. The number of nitrogens with zero attached hydrogens (tertiary/aromatic N) is 3. The number of cyclic esters (lactones) is 1. The molecule has 1 saturated heterocycles. The first-order chi connectivity index (χ1) is 27.3. The average molecular weight is 786 g/mol. The summed E-state index contributed by atoms with van der Waals surface area (Å²) in [7, 11) is 0. The fraction of sp³-hybridized carbons (Fsp3) is 0.283. The number of rotatable bonds is 13. The monoisotopic (exact) mass is 785 g/mol. The van der Waals surface area contributed by atoms with E-state index in [0.717, 1.165) is 51.3 Å². The third-order valence-electron chi connectivity index (χ3n) is 10.7. The van der Waals surface area contributed by atoms with E-state index in [1.807, 2.05) is 98.5 Å². The average Bonchev–Trinajstić information content (AvgIpc) is 3.69. The van der Waals surface area contributed by atoms with Crippen LogP contribution in [0.2, 0.25) is 5.02 Å². The van der Waals surface area contributed by atoms with Crippen LogP contribution in [0.25, 0.3) is 22.0 Å². The van der Waals surface area contributed by atoms with Crippen molar-refractivity contribution in [2.24, 2.45) is 0 Å². The Bertz CT molecular complexity index is 2330. The number of carbonyl (C=O) groups is 2. The lowest BCUT2D eigenvalue weighted by Crippen LogP contribution is -2.45. The highest BCUT2D eigenvalue weighted by Crippen LogP contribution is 2.47. The van der Waals surface area contributed by atoms with Gasteiger partial charge < -0.3 is 18.8 Å². The highest BCUT2D eigenvalue weighted by molar-refractivity contribution is 8.00. The van der Waals surface area contributed by atoms with Gasteiger partial charge in [-0.3, -0.25) is 9.78 Å². The van der Waals surface area contributed by atoms with Crippen LogP contribution in [0.5, 0.6) is 5.75 Å². The van der Waals surface area contributed by atoms with E-state index in [9.17, 15) is 9.59 Å². The van der Waals surface area contributed by atoms with Crippen LogP contribution >= 0.6 is 23.4 Å². The Hall–Kier alpha value is -5.09. The van der Waals surface area contributed by atoms with Crippen LogP contribution in [0.4, 0.5) is 4.79 Å². The van der Waals surface area contributed by atoms with Crippen molar-refractivity contribution < 1.29 is 23.8 Å². The Morgan fingerprint density at radius 1 is 0.946 bits per heavy atom. The minimum atomic E-state index is -0.789.